The molecule has 0 bridgehead atoms. The molecular formula is C21H17BrClFN2OS. The normalized spacial score (nSPS) is 10.4. The number of benzene rings is 3. The van der Waals surface area contributed by atoms with Crippen LogP contribution in [0.1, 0.15) is 11.1 Å². The second-order valence-electron chi connectivity index (χ2n) is 6.00. The van der Waals surface area contributed by atoms with E-state index in [1.807, 2.05) is 36.4 Å². The number of halogens is 3. The zero-order chi connectivity index (χ0) is 19.9. The minimum absolute atomic E-state index is 0.253. The van der Waals surface area contributed by atoms with Gasteiger partial charge in [-0.25, -0.2) is 4.39 Å². The molecule has 0 aromatic heterocycles. The second kappa shape index (κ2) is 9.87. The van der Waals surface area contributed by atoms with Gasteiger partial charge in [0.15, 0.2) is 5.11 Å². The first-order valence-electron chi connectivity index (χ1n) is 8.46. The Hall–Kier alpha value is -2.15. The first-order chi connectivity index (χ1) is 13.5. The lowest BCUT2D eigenvalue weighted by Crippen LogP contribution is -2.27. The van der Waals surface area contributed by atoms with Crippen molar-refractivity contribution in [1.82, 2.24) is 5.32 Å². The van der Waals surface area contributed by atoms with Crippen LogP contribution in [0.3, 0.4) is 0 Å². The molecule has 0 unspecified atom stereocenters. The smallest absolute Gasteiger partial charge is 0.171 e. The average molecular weight is 480 g/mol. The van der Waals surface area contributed by atoms with Crippen LogP contribution in [0.2, 0.25) is 5.02 Å². The molecule has 3 aromatic carbocycles. The summed E-state index contributed by atoms with van der Waals surface area (Å²) in [5, 5.41) is 7.38. The van der Waals surface area contributed by atoms with Gasteiger partial charge in [0.25, 0.3) is 0 Å². The van der Waals surface area contributed by atoms with Crippen LogP contribution in [0, 0.1) is 5.82 Å². The van der Waals surface area contributed by atoms with Gasteiger partial charge in [-0.15, -0.1) is 0 Å². The van der Waals surface area contributed by atoms with Crippen molar-refractivity contribution in [2.24, 2.45) is 0 Å². The first kappa shape index (κ1) is 20.6. The quantitative estimate of drug-likeness (QED) is 0.406. The van der Waals surface area contributed by atoms with E-state index in [9.17, 15) is 4.39 Å². The van der Waals surface area contributed by atoms with Crippen LogP contribution in [0.25, 0.3) is 0 Å². The minimum Gasteiger partial charge on any atom is -0.489 e. The zero-order valence-corrected chi connectivity index (χ0v) is 17.9. The molecule has 2 N–H and O–H groups in total. The number of ether oxygens (including phenoxy) is 1. The number of hydrogen-bond acceptors (Lipinski definition) is 2. The van der Waals surface area contributed by atoms with E-state index >= 15 is 0 Å². The summed E-state index contributed by atoms with van der Waals surface area (Å²) in [4.78, 5) is 0. The van der Waals surface area contributed by atoms with Crippen molar-refractivity contribution in [1.29, 1.82) is 0 Å². The van der Waals surface area contributed by atoms with Gasteiger partial charge in [-0.3, -0.25) is 0 Å². The molecule has 3 nitrogen and oxygen atoms in total. The topological polar surface area (TPSA) is 33.3 Å². The summed E-state index contributed by atoms with van der Waals surface area (Å²) in [7, 11) is 0. The van der Waals surface area contributed by atoms with E-state index in [0.717, 1.165) is 27.0 Å². The van der Waals surface area contributed by atoms with E-state index in [1.54, 1.807) is 18.2 Å². The minimum atomic E-state index is -0.253. The zero-order valence-electron chi connectivity index (χ0n) is 14.7. The van der Waals surface area contributed by atoms with Gasteiger partial charge >= 0.3 is 0 Å². The Balaban J connectivity index is 1.46. The summed E-state index contributed by atoms with van der Waals surface area (Å²) >= 11 is 14.7. The molecule has 0 atom stereocenters. The van der Waals surface area contributed by atoms with Crippen molar-refractivity contribution in [3.05, 3.63) is 93.2 Å². The maximum atomic E-state index is 12.9. The highest BCUT2D eigenvalue weighted by molar-refractivity contribution is 9.10. The standard InChI is InChI=1S/C21H17BrClFN2OS/c22-19-10-7-17(11-20(19)23)26-21(28)25-12-14-3-8-18(9-4-14)27-13-15-1-5-16(24)6-2-15/h1-11H,12-13H2,(H2,25,26,28). The van der Waals surface area contributed by atoms with E-state index in [1.165, 1.54) is 12.1 Å². The van der Waals surface area contributed by atoms with E-state index in [4.69, 9.17) is 28.6 Å². The van der Waals surface area contributed by atoms with E-state index < -0.39 is 0 Å². The van der Waals surface area contributed by atoms with E-state index in [-0.39, 0.29) is 5.82 Å². The molecular weight excluding hydrogens is 463 g/mol. The van der Waals surface area contributed by atoms with Crippen LogP contribution in [0.15, 0.2) is 71.2 Å². The summed E-state index contributed by atoms with van der Waals surface area (Å²) in [6.45, 7) is 0.968. The average Bonchev–Trinajstić information content (AvgIpc) is 2.69. The molecule has 0 aliphatic heterocycles. The molecule has 7 heteroatoms. The van der Waals surface area contributed by atoms with E-state index in [2.05, 4.69) is 26.6 Å². The van der Waals surface area contributed by atoms with Gasteiger partial charge < -0.3 is 15.4 Å². The summed E-state index contributed by atoms with van der Waals surface area (Å²) < 4.78 is 19.5. The maximum Gasteiger partial charge on any atom is 0.171 e. The van der Waals surface area contributed by atoms with Crippen molar-refractivity contribution in [2.45, 2.75) is 13.2 Å². The largest absolute Gasteiger partial charge is 0.489 e. The SMILES string of the molecule is Fc1ccc(COc2ccc(CNC(=S)Nc3ccc(Br)c(Cl)c3)cc2)cc1. The van der Waals surface area contributed by atoms with Crippen molar-refractivity contribution in [3.63, 3.8) is 0 Å². The molecule has 144 valence electrons. The highest BCUT2D eigenvalue weighted by Gasteiger charge is 2.03. The molecule has 28 heavy (non-hydrogen) atoms. The highest BCUT2D eigenvalue weighted by Crippen LogP contribution is 2.25. The van der Waals surface area contributed by atoms with Crippen LogP contribution < -0.4 is 15.4 Å². The van der Waals surface area contributed by atoms with Crippen LogP contribution in [0.4, 0.5) is 10.1 Å². The summed E-state index contributed by atoms with van der Waals surface area (Å²) in [5.74, 6) is 0.495. The number of hydrogen-bond donors (Lipinski definition) is 2. The fourth-order valence-corrected chi connectivity index (χ4v) is 3.00. The fourth-order valence-electron chi connectivity index (χ4n) is 2.38. The van der Waals surface area contributed by atoms with Gasteiger partial charge in [0.05, 0.1) is 5.02 Å². The Morgan fingerprint density at radius 1 is 1.00 bits per heavy atom. The van der Waals surface area contributed by atoms with Crippen LogP contribution >= 0.6 is 39.7 Å². The number of nitrogens with one attached hydrogen (secondary N) is 2. The second-order valence-corrected chi connectivity index (χ2v) is 7.67. The third-order valence-corrected chi connectivity index (χ3v) is 5.35. The first-order valence-corrected chi connectivity index (χ1v) is 10.0. The molecule has 0 aliphatic carbocycles. The van der Waals surface area contributed by atoms with Gasteiger partial charge in [0.2, 0.25) is 0 Å². The Bertz CT molecular complexity index is 952. The van der Waals surface area contributed by atoms with Crippen LogP contribution in [-0.4, -0.2) is 5.11 Å². The Kier molecular flexibility index (Phi) is 7.25. The van der Waals surface area contributed by atoms with Gasteiger partial charge in [-0.05, 0) is 81.7 Å². The summed E-state index contributed by atoms with van der Waals surface area (Å²) in [5.41, 5.74) is 2.79. The molecule has 0 heterocycles. The Labute approximate surface area is 182 Å². The third-order valence-electron chi connectivity index (χ3n) is 3.87. The monoisotopic (exact) mass is 478 g/mol. The van der Waals surface area contributed by atoms with Gasteiger partial charge in [0, 0.05) is 16.7 Å². The third kappa shape index (κ3) is 6.19. The molecule has 3 rings (SSSR count). The Morgan fingerprint density at radius 2 is 1.68 bits per heavy atom. The van der Waals surface area contributed by atoms with E-state index in [0.29, 0.717) is 23.3 Å². The van der Waals surface area contributed by atoms with Crippen LogP contribution in [-0.2, 0) is 13.2 Å². The summed E-state index contributed by atoms with van der Waals surface area (Å²) in [6, 6.07) is 19.5. The molecule has 0 radical (unpaired) electrons. The van der Waals surface area contributed by atoms with Gasteiger partial charge in [-0.1, -0.05) is 35.9 Å². The lowest BCUT2D eigenvalue weighted by molar-refractivity contribution is 0.306. The van der Waals surface area contributed by atoms with Gasteiger partial charge in [0.1, 0.15) is 18.2 Å². The Morgan fingerprint density at radius 3 is 2.36 bits per heavy atom. The highest BCUT2D eigenvalue weighted by atomic mass is 79.9. The van der Waals surface area contributed by atoms with Crippen molar-refractivity contribution < 1.29 is 9.13 Å². The predicted molar refractivity (Wildman–Crippen MR) is 119 cm³/mol. The number of anilines is 1. The molecule has 0 saturated carbocycles. The molecule has 0 spiro atoms. The number of rotatable bonds is 6. The molecule has 0 aliphatic rings. The molecule has 0 fully saturated rings. The lowest BCUT2D eigenvalue weighted by atomic mass is 10.2. The maximum absolute atomic E-state index is 12.9. The predicted octanol–water partition coefficient (Wildman–Crippen LogP) is 6.31. The summed E-state index contributed by atoms with van der Waals surface area (Å²) in [6.07, 6.45) is 0. The van der Waals surface area contributed by atoms with Gasteiger partial charge in [-0.2, -0.15) is 0 Å². The van der Waals surface area contributed by atoms with Crippen molar-refractivity contribution in [2.75, 3.05) is 5.32 Å². The van der Waals surface area contributed by atoms with Crippen molar-refractivity contribution >= 4 is 50.5 Å². The van der Waals surface area contributed by atoms with Crippen molar-refractivity contribution in [3.8, 4) is 5.75 Å². The fraction of sp³-hybridized carbons (Fsp3) is 0.0952. The molecule has 3 aromatic rings. The van der Waals surface area contributed by atoms with Crippen LogP contribution in [0.5, 0.6) is 5.75 Å². The lowest BCUT2D eigenvalue weighted by Gasteiger charge is -2.12. The molecule has 0 saturated heterocycles. The molecule has 0 amide bonds. The number of thiocarbonyl (C=S) groups is 1.